The largest absolute Gasteiger partial charge is 0.486 e. The van der Waals surface area contributed by atoms with Crippen molar-refractivity contribution < 1.29 is 9.13 Å². The molecule has 102 valence electrons. The Kier molecular flexibility index (Phi) is 4.68. The highest BCUT2D eigenvalue weighted by molar-refractivity contribution is 7.15. The van der Waals surface area contributed by atoms with E-state index in [4.69, 9.17) is 4.74 Å². The maximum atomic E-state index is 13.1. The van der Waals surface area contributed by atoms with Gasteiger partial charge in [-0.25, -0.2) is 4.39 Å². The van der Waals surface area contributed by atoms with E-state index in [2.05, 4.69) is 22.4 Å². The van der Waals surface area contributed by atoms with Crippen LogP contribution in [-0.2, 0) is 6.61 Å². The predicted octanol–water partition coefficient (Wildman–Crippen LogP) is 3.39. The van der Waals surface area contributed by atoms with Crippen LogP contribution >= 0.6 is 11.3 Å². The molecule has 0 unspecified atom stereocenters. The van der Waals surface area contributed by atoms with Gasteiger partial charge in [0.2, 0.25) is 5.13 Å². The molecule has 0 saturated heterocycles. The summed E-state index contributed by atoms with van der Waals surface area (Å²) in [7, 11) is 0. The van der Waals surface area contributed by atoms with Crippen molar-refractivity contribution in [3.63, 3.8) is 0 Å². The van der Waals surface area contributed by atoms with Crippen molar-refractivity contribution in [3.8, 4) is 5.75 Å². The van der Waals surface area contributed by atoms with Gasteiger partial charge in [0, 0.05) is 6.54 Å². The molecule has 2 rings (SSSR count). The first-order valence-electron chi connectivity index (χ1n) is 6.14. The lowest BCUT2D eigenvalue weighted by molar-refractivity contribution is 0.304. The summed E-state index contributed by atoms with van der Waals surface area (Å²) in [4.78, 5) is 0. The van der Waals surface area contributed by atoms with E-state index in [9.17, 15) is 4.39 Å². The molecule has 1 heterocycles. The van der Waals surface area contributed by atoms with Crippen LogP contribution in [-0.4, -0.2) is 16.7 Å². The summed E-state index contributed by atoms with van der Waals surface area (Å²) >= 11 is 1.47. The quantitative estimate of drug-likeness (QED) is 0.881. The van der Waals surface area contributed by atoms with Crippen LogP contribution in [0.15, 0.2) is 18.2 Å². The molecule has 0 fully saturated rings. The fourth-order valence-corrected chi connectivity index (χ4v) is 2.15. The Bertz CT molecular complexity index is 544. The molecule has 0 spiro atoms. The van der Waals surface area contributed by atoms with E-state index in [-0.39, 0.29) is 5.82 Å². The van der Waals surface area contributed by atoms with E-state index in [1.54, 1.807) is 19.1 Å². The molecule has 1 aromatic heterocycles. The van der Waals surface area contributed by atoms with E-state index < -0.39 is 0 Å². The van der Waals surface area contributed by atoms with Crippen molar-refractivity contribution >= 4 is 16.5 Å². The third-order valence-corrected chi connectivity index (χ3v) is 3.34. The third-order valence-electron chi connectivity index (χ3n) is 2.48. The summed E-state index contributed by atoms with van der Waals surface area (Å²) in [6.07, 6.45) is 1.04. The standard InChI is InChI=1S/C13H16FN3OS/c1-3-6-15-13-17-16-12(19-13)8-18-10-4-5-11(14)9(2)7-10/h4-5,7H,3,6,8H2,1-2H3,(H,15,17). The average molecular weight is 281 g/mol. The fraction of sp³-hybridized carbons (Fsp3) is 0.385. The lowest BCUT2D eigenvalue weighted by Crippen LogP contribution is -1.98. The SMILES string of the molecule is CCCNc1nnc(COc2ccc(F)c(C)c2)s1. The topological polar surface area (TPSA) is 47.0 Å². The van der Waals surface area contributed by atoms with Crippen LogP contribution < -0.4 is 10.1 Å². The van der Waals surface area contributed by atoms with Crippen molar-refractivity contribution in [1.82, 2.24) is 10.2 Å². The number of nitrogens with one attached hydrogen (secondary N) is 1. The van der Waals surface area contributed by atoms with Crippen LogP contribution in [0.2, 0.25) is 0 Å². The summed E-state index contributed by atoms with van der Waals surface area (Å²) in [6.45, 7) is 5.03. The molecule has 0 bridgehead atoms. The Morgan fingerprint density at radius 2 is 2.21 bits per heavy atom. The van der Waals surface area contributed by atoms with Crippen molar-refractivity contribution in [2.75, 3.05) is 11.9 Å². The zero-order valence-electron chi connectivity index (χ0n) is 10.9. The van der Waals surface area contributed by atoms with Crippen LogP contribution in [0.3, 0.4) is 0 Å². The third kappa shape index (κ3) is 3.89. The molecule has 0 amide bonds. The highest BCUT2D eigenvalue weighted by Crippen LogP contribution is 2.20. The van der Waals surface area contributed by atoms with Crippen molar-refractivity contribution in [1.29, 1.82) is 0 Å². The number of benzene rings is 1. The highest BCUT2D eigenvalue weighted by atomic mass is 32.1. The lowest BCUT2D eigenvalue weighted by Gasteiger charge is -2.04. The van der Waals surface area contributed by atoms with Crippen LogP contribution in [0.1, 0.15) is 23.9 Å². The van der Waals surface area contributed by atoms with E-state index in [0.717, 1.165) is 23.1 Å². The minimum Gasteiger partial charge on any atom is -0.486 e. The number of aromatic nitrogens is 2. The number of hydrogen-bond donors (Lipinski definition) is 1. The molecule has 6 heteroatoms. The first kappa shape index (κ1) is 13.7. The van der Waals surface area contributed by atoms with Gasteiger partial charge in [-0.1, -0.05) is 18.3 Å². The number of nitrogens with zero attached hydrogens (tertiary/aromatic N) is 2. The number of hydrogen-bond acceptors (Lipinski definition) is 5. The van der Waals surface area contributed by atoms with E-state index in [1.165, 1.54) is 17.4 Å². The van der Waals surface area contributed by atoms with E-state index in [0.29, 0.717) is 17.9 Å². The number of rotatable bonds is 6. The molecular formula is C13H16FN3OS. The number of aryl methyl sites for hydroxylation is 1. The number of halogens is 1. The van der Waals surface area contributed by atoms with Gasteiger partial charge in [0.25, 0.3) is 0 Å². The van der Waals surface area contributed by atoms with Crippen LogP contribution in [0, 0.1) is 12.7 Å². The summed E-state index contributed by atoms with van der Waals surface area (Å²) in [5, 5.41) is 12.8. The van der Waals surface area contributed by atoms with Gasteiger partial charge in [0.1, 0.15) is 18.2 Å². The van der Waals surface area contributed by atoms with Gasteiger partial charge < -0.3 is 10.1 Å². The maximum Gasteiger partial charge on any atom is 0.205 e. The molecule has 0 atom stereocenters. The normalized spacial score (nSPS) is 10.5. The summed E-state index contributed by atoms with van der Waals surface area (Å²) in [5.74, 6) is 0.409. The molecule has 19 heavy (non-hydrogen) atoms. The highest BCUT2D eigenvalue weighted by Gasteiger charge is 2.05. The zero-order valence-corrected chi connectivity index (χ0v) is 11.8. The zero-order chi connectivity index (χ0) is 13.7. The lowest BCUT2D eigenvalue weighted by atomic mass is 10.2. The molecule has 1 aromatic carbocycles. The number of anilines is 1. The Morgan fingerprint density at radius 1 is 1.37 bits per heavy atom. The molecule has 4 nitrogen and oxygen atoms in total. The summed E-state index contributed by atoms with van der Waals surface area (Å²) < 4.78 is 18.7. The molecule has 2 aromatic rings. The summed E-state index contributed by atoms with van der Waals surface area (Å²) in [5.41, 5.74) is 0.570. The van der Waals surface area contributed by atoms with Gasteiger partial charge in [0.05, 0.1) is 0 Å². The second-order valence-electron chi connectivity index (χ2n) is 4.13. The van der Waals surface area contributed by atoms with Crippen molar-refractivity contribution in [3.05, 3.63) is 34.6 Å². The van der Waals surface area contributed by atoms with Gasteiger partial charge in [0.15, 0.2) is 5.01 Å². The first-order valence-corrected chi connectivity index (χ1v) is 6.96. The Labute approximate surface area is 115 Å². The first-order chi connectivity index (χ1) is 9.19. The van der Waals surface area contributed by atoms with E-state index in [1.807, 2.05) is 0 Å². The van der Waals surface area contributed by atoms with Crippen LogP contribution in [0.5, 0.6) is 5.75 Å². The molecule has 0 aliphatic rings. The Hall–Kier alpha value is -1.69. The maximum absolute atomic E-state index is 13.1. The van der Waals surface area contributed by atoms with Gasteiger partial charge in [-0.3, -0.25) is 0 Å². The van der Waals surface area contributed by atoms with Gasteiger partial charge in [-0.05, 0) is 37.1 Å². The second-order valence-corrected chi connectivity index (χ2v) is 5.19. The minimum absolute atomic E-state index is 0.227. The molecule has 1 N–H and O–H groups in total. The predicted molar refractivity (Wildman–Crippen MR) is 74.2 cm³/mol. The molecule has 0 aliphatic heterocycles. The van der Waals surface area contributed by atoms with Crippen molar-refractivity contribution in [2.45, 2.75) is 26.9 Å². The van der Waals surface area contributed by atoms with Gasteiger partial charge in [-0.15, -0.1) is 10.2 Å². The second kappa shape index (κ2) is 6.47. The minimum atomic E-state index is -0.227. The van der Waals surface area contributed by atoms with E-state index >= 15 is 0 Å². The molecule has 0 radical (unpaired) electrons. The van der Waals surface area contributed by atoms with Crippen LogP contribution in [0.4, 0.5) is 9.52 Å². The Morgan fingerprint density at radius 3 is 2.95 bits per heavy atom. The molecule has 0 saturated carbocycles. The number of ether oxygens (including phenoxy) is 1. The summed E-state index contributed by atoms with van der Waals surface area (Å²) in [6, 6.07) is 4.69. The van der Waals surface area contributed by atoms with Gasteiger partial charge in [-0.2, -0.15) is 0 Å². The van der Waals surface area contributed by atoms with Crippen LogP contribution in [0.25, 0.3) is 0 Å². The average Bonchev–Trinajstić information content (AvgIpc) is 2.86. The molecular weight excluding hydrogens is 265 g/mol. The van der Waals surface area contributed by atoms with Gasteiger partial charge >= 0.3 is 0 Å². The monoisotopic (exact) mass is 281 g/mol. The Balaban J connectivity index is 1.91. The van der Waals surface area contributed by atoms with Crippen molar-refractivity contribution in [2.24, 2.45) is 0 Å². The smallest absolute Gasteiger partial charge is 0.205 e. The fourth-order valence-electron chi connectivity index (χ4n) is 1.47. The molecule has 0 aliphatic carbocycles.